The van der Waals surface area contributed by atoms with E-state index in [9.17, 15) is 0 Å². The molecular formula is C10H23NO2. The molecule has 0 rings (SSSR count). The van der Waals surface area contributed by atoms with E-state index in [0.29, 0.717) is 12.5 Å². The monoisotopic (exact) mass is 189 g/mol. The maximum Gasteiger partial charge on any atom is 0.177 e. The standard InChI is InChI=1S/C10H23NO2/c1-6-13-10(4,12-5)8-11-7-9(2)3/h9,11H,6-8H2,1-5H3. The first-order chi connectivity index (χ1) is 6.04. The van der Waals surface area contributed by atoms with Crippen molar-refractivity contribution in [3.05, 3.63) is 0 Å². The molecule has 3 nitrogen and oxygen atoms in total. The van der Waals surface area contributed by atoms with E-state index in [1.807, 2.05) is 13.8 Å². The third-order valence-corrected chi connectivity index (χ3v) is 1.88. The molecule has 0 radical (unpaired) electrons. The molecule has 0 saturated heterocycles. The number of hydrogen-bond donors (Lipinski definition) is 1. The Morgan fingerprint density at radius 2 is 2.00 bits per heavy atom. The fourth-order valence-electron chi connectivity index (χ4n) is 1.08. The first-order valence-electron chi connectivity index (χ1n) is 4.94. The van der Waals surface area contributed by atoms with Crippen molar-refractivity contribution in [1.29, 1.82) is 0 Å². The third kappa shape index (κ3) is 6.02. The molecule has 1 unspecified atom stereocenters. The van der Waals surface area contributed by atoms with Crippen molar-refractivity contribution in [2.24, 2.45) is 5.92 Å². The van der Waals surface area contributed by atoms with Crippen LogP contribution in [0, 0.1) is 5.92 Å². The van der Waals surface area contributed by atoms with Gasteiger partial charge >= 0.3 is 0 Å². The molecule has 3 heteroatoms. The van der Waals surface area contributed by atoms with Crippen molar-refractivity contribution in [1.82, 2.24) is 5.32 Å². The van der Waals surface area contributed by atoms with Crippen LogP contribution in [0.25, 0.3) is 0 Å². The highest BCUT2D eigenvalue weighted by atomic mass is 16.7. The molecule has 80 valence electrons. The summed E-state index contributed by atoms with van der Waals surface area (Å²) >= 11 is 0. The van der Waals surface area contributed by atoms with E-state index >= 15 is 0 Å². The largest absolute Gasteiger partial charge is 0.352 e. The third-order valence-electron chi connectivity index (χ3n) is 1.88. The lowest BCUT2D eigenvalue weighted by atomic mass is 10.2. The quantitative estimate of drug-likeness (QED) is 0.617. The van der Waals surface area contributed by atoms with Crippen LogP contribution in [-0.4, -0.2) is 32.6 Å². The maximum atomic E-state index is 5.48. The lowest BCUT2D eigenvalue weighted by molar-refractivity contribution is -0.203. The normalized spacial score (nSPS) is 16.2. The number of hydrogen-bond acceptors (Lipinski definition) is 3. The Morgan fingerprint density at radius 3 is 2.38 bits per heavy atom. The summed E-state index contributed by atoms with van der Waals surface area (Å²) in [6.45, 7) is 10.7. The van der Waals surface area contributed by atoms with E-state index < -0.39 is 5.79 Å². The van der Waals surface area contributed by atoms with E-state index in [0.717, 1.165) is 13.1 Å². The molecule has 0 aliphatic heterocycles. The molecule has 1 N–H and O–H groups in total. The second-order valence-corrected chi connectivity index (χ2v) is 3.80. The second-order valence-electron chi connectivity index (χ2n) is 3.80. The first-order valence-corrected chi connectivity index (χ1v) is 4.94. The molecule has 0 aromatic heterocycles. The molecule has 0 bridgehead atoms. The molecule has 0 saturated carbocycles. The zero-order valence-electron chi connectivity index (χ0n) is 9.52. The van der Waals surface area contributed by atoms with Crippen molar-refractivity contribution in [3.8, 4) is 0 Å². The minimum absolute atomic E-state index is 0.482. The van der Waals surface area contributed by atoms with Crippen molar-refractivity contribution < 1.29 is 9.47 Å². The first kappa shape index (κ1) is 12.9. The van der Waals surface area contributed by atoms with Gasteiger partial charge in [0.25, 0.3) is 0 Å². The number of nitrogens with one attached hydrogen (secondary N) is 1. The van der Waals surface area contributed by atoms with Gasteiger partial charge in [-0.05, 0) is 26.3 Å². The highest BCUT2D eigenvalue weighted by molar-refractivity contribution is 4.66. The van der Waals surface area contributed by atoms with E-state index in [1.165, 1.54) is 0 Å². The summed E-state index contributed by atoms with van der Waals surface area (Å²) in [4.78, 5) is 0. The lowest BCUT2D eigenvalue weighted by Crippen LogP contribution is -2.43. The van der Waals surface area contributed by atoms with Crippen LogP contribution in [0.5, 0.6) is 0 Å². The zero-order chi connectivity index (χ0) is 10.3. The number of methoxy groups -OCH3 is 1. The van der Waals surface area contributed by atoms with Crippen LogP contribution in [0.4, 0.5) is 0 Å². The van der Waals surface area contributed by atoms with Gasteiger partial charge in [0.05, 0.1) is 0 Å². The minimum atomic E-state index is -0.482. The molecule has 0 fully saturated rings. The summed E-state index contributed by atoms with van der Waals surface area (Å²) in [6, 6.07) is 0. The van der Waals surface area contributed by atoms with Gasteiger partial charge in [-0.2, -0.15) is 0 Å². The van der Waals surface area contributed by atoms with Gasteiger partial charge in [-0.15, -0.1) is 0 Å². The molecule has 0 aromatic carbocycles. The maximum absolute atomic E-state index is 5.48. The summed E-state index contributed by atoms with van der Waals surface area (Å²) in [7, 11) is 1.67. The Kier molecular flexibility index (Phi) is 6.29. The zero-order valence-corrected chi connectivity index (χ0v) is 9.52. The van der Waals surface area contributed by atoms with Gasteiger partial charge in [-0.1, -0.05) is 13.8 Å². The average molecular weight is 189 g/mol. The van der Waals surface area contributed by atoms with Gasteiger partial charge in [-0.25, -0.2) is 0 Å². The van der Waals surface area contributed by atoms with Gasteiger partial charge in [-0.3, -0.25) is 0 Å². The van der Waals surface area contributed by atoms with E-state index in [-0.39, 0.29) is 0 Å². The van der Waals surface area contributed by atoms with Crippen LogP contribution in [-0.2, 0) is 9.47 Å². The van der Waals surface area contributed by atoms with Crippen molar-refractivity contribution in [2.75, 3.05) is 26.8 Å². The van der Waals surface area contributed by atoms with Gasteiger partial charge in [0, 0.05) is 20.3 Å². The van der Waals surface area contributed by atoms with Crippen LogP contribution >= 0.6 is 0 Å². The van der Waals surface area contributed by atoms with Crippen molar-refractivity contribution in [3.63, 3.8) is 0 Å². The second kappa shape index (κ2) is 6.35. The summed E-state index contributed by atoms with van der Waals surface area (Å²) in [6.07, 6.45) is 0. The summed E-state index contributed by atoms with van der Waals surface area (Å²) in [5.74, 6) is 0.173. The predicted octanol–water partition coefficient (Wildman–Crippen LogP) is 1.63. The Labute approximate surface area is 81.8 Å². The predicted molar refractivity (Wildman–Crippen MR) is 54.7 cm³/mol. The van der Waals surface area contributed by atoms with Crippen molar-refractivity contribution in [2.45, 2.75) is 33.5 Å². The molecule has 0 amide bonds. The van der Waals surface area contributed by atoms with Crippen LogP contribution in [0.1, 0.15) is 27.7 Å². The molecule has 0 heterocycles. The van der Waals surface area contributed by atoms with Gasteiger partial charge < -0.3 is 14.8 Å². The molecule has 0 aliphatic carbocycles. The van der Waals surface area contributed by atoms with E-state index in [1.54, 1.807) is 7.11 Å². The van der Waals surface area contributed by atoms with E-state index in [4.69, 9.17) is 9.47 Å². The van der Waals surface area contributed by atoms with Gasteiger partial charge in [0.2, 0.25) is 0 Å². The van der Waals surface area contributed by atoms with Crippen LogP contribution in [0.2, 0.25) is 0 Å². The van der Waals surface area contributed by atoms with Crippen molar-refractivity contribution >= 4 is 0 Å². The van der Waals surface area contributed by atoms with Gasteiger partial charge in [0.15, 0.2) is 5.79 Å². The molecule has 0 spiro atoms. The summed E-state index contributed by atoms with van der Waals surface area (Å²) in [5, 5.41) is 3.31. The Bertz CT molecular complexity index is 128. The fraction of sp³-hybridized carbons (Fsp3) is 1.00. The highest BCUT2D eigenvalue weighted by Gasteiger charge is 2.22. The minimum Gasteiger partial charge on any atom is -0.352 e. The lowest BCUT2D eigenvalue weighted by Gasteiger charge is -2.28. The van der Waals surface area contributed by atoms with Gasteiger partial charge in [0.1, 0.15) is 0 Å². The Balaban J connectivity index is 3.69. The fourth-order valence-corrected chi connectivity index (χ4v) is 1.08. The molecule has 0 aliphatic rings. The van der Waals surface area contributed by atoms with Crippen LogP contribution < -0.4 is 5.32 Å². The Hall–Kier alpha value is -0.120. The number of rotatable bonds is 7. The summed E-state index contributed by atoms with van der Waals surface area (Å²) in [5.41, 5.74) is 0. The molecule has 1 atom stereocenters. The molecular weight excluding hydrogens is 166 g/mol. The topological polar surface area (TPSA) is 30.5 Å². The summed E-state index contributed by atoms with van der Waals surface area (Å²) < 4.78 is 10.8. The highest BCUT2D eigenvalue weighted by Crippen LogP contribution is 2.09. The van der Waals surface area contributed by atoms with E-state index in [2.05, 4.69) is 19.2 Å². The Morgan fingerprint density at radius 1 is 1.38 bits per heavy atom. The van der Waals surface area contributed by atoms with Crippen LogP contribution in [0.15, 0.2) is 0 Å². The smallest absolute Gasteiger partial charge is 0.177 e. The van der Waals surface area contributed by atoms with Crippen LogP contribution in [0.3, 0.4) is 0 Å². The average Bonchev–Trinajstić information content (AvgIpc) is 2.04. The number of ether oxygens (including phenoxy) is 2. The SMILES string of the molecule is CCOC(C)(CNCC(C)C)OC. The molecule has 0 aromatic rings. The molecule has 13 heavy (non-hydrogen) atoms.